The van der Waals surface area contributed by atoms with Gasteiger partial charge >= 0.3 is 0 Å². The SMILES string of the molecule is C[Si](C)(C)C1=CC2C(c3ccccc3)=CC([Si](C)(C)C)=C2S1. The molecule has 0 amide bonds. The van der Waals surface area contributed by atoms with E-state index in [9.17, 15) is 0 Å². The highest BCUT2D eigenvalue weighted by atomic mass is 32.2. The predicted molar refractivity (Wildman–Crippen MR) is 107 cm³/mol. The first-order chi connectivity index (χ1) is 10.2. The second-order valence-corrected chi connectivity index (χ2v) is 19.9. The number of benzene rings is 1. The molecular weight excluding hydrogens is 316 g/mol. The van der Waals surface area contributed by atoms with Gasteiger partial charge in [0.1, 0.15) is 0 Å². The molecule has 0 N–H and O–H groups in total. The summed E-state index contributed by atoms with van der Waals surface area (Å²) in [7, 11) is -2.54. The first-order valence-electron chi connectivity index (χ1n) is 8.10. The molecule has 0 aromatic heterocycles. The monoisotopic (exact) mass is 342 g/mol. The van der Waals surface area contributed by atoms with Crippen LogP contribution in [0.4, 0.5) is 0 Å². The van der Waals surface area contributed by atoms with Gasteiger partial charge in [-0.25, -0.2) is 0 Å². The minimum Gasteiger partial charge on any atom is -0.103 e. The standard InChI is InChI=1S/C19H26SSi2/c1-21(2,3)17-12-15(14-10-8-7-9-11-14)16-13-18(20-19(16)17)22(4,5)6/h7-13,16H,1-6H3. The molecule has 116 valence electrons. The summed E-state index contributed by atoms with van der Waals surface area (Å²) in [6.45, 7) is 14.8. The third-order valence-corrected chi connectivity index (χ3v) is 11.4. The topological polar surface area (TPSA) is 0 Å². The van der Waals surface area contributed by atoms with Crippen LogP contribution in [0.5, 0.6) is 0 Å². The Morgan fingerprint density at radius 3 is 2.05 bits per heavy atom. The number of fused-ring (bicyclic) bond motifs is 1. The summed E-state index contributed by atoms with van der Waals surface area (Å²) in [4.78, 5) is 1.65. The molecule has 0 nitrogen and oxygen atoms in total. The van der Waals surface area contributed by atoms with E-state index in [4.69, 9.17) is 0 Å². The molecule has 1 atom stereocenters. The molecular formula is C19H26SSi2. The van der Waals surface area contributed by atoms with Crippen molar-refractivity contribution in [2.75, 3.05) is 0 Å². The summed E-state index contributed by atoms with van der Waals surface area (Å²) >= 11 is 2.11. The smallest absolute Gasteiger partial charge is 0.0858 e. The maximum Gasteiger partial charge on any atom is 0.0858 e. The van der Waals surface area contributed by atoms with E-state index in [0.29, 0.717) is 5.92 Å². The maximum absolute atomic E-state index is 2.58. The normalized spacial score (nSPS) is 21.8. The number of allylic oxidation sites excluding steroid dienone is 5. The summed E-state index contributed by atoms with van der Waals surface area (Å²) < 4.78 is 1.67. The van der Waals surface area contributed by atoms with Crippen LogP contribution in [0.15, 0.2) is 57.1 Å². The van der Waals surface area contributed by atoms with Gasteiger partial charge in [-0.3, -0.25) is 0 Å². The van der Waals surface area contributed by atoms with E-state index in [1.54, 1.807) is 14.6 Å². The summed E-state index contributed by atoms with van der Waals surface area (Å²) in [5.74, 6) is 0.524. The van der Waals surface area contributed by atoms with Gasteiger partial charge < -0.3 is 0 Å². The van der Waals surface area contributed by atoms with E-state index in [0.717, 1.165) is 0 Å². The largest absolute Gasteiger partial charge is 0.103 e. The molecule has 0 radical (unpaired) electrons. The zero-order valence-electron chi connectivity index (χ0n) is 14.5. The Bertz CT molecular complexity index is 682. The van der Waals surface area contributed by atoms with E-state index in [1.165, 1.54) is 11.1 Å². The average molecular weight is 343 g/mol. The zero-order chi connectivity index (χ0) is 16.1. The van der Waals surface area contributed by atoms with Gasteiger partial charge in [-0.1, -0.05) is 81.8 Å². The lowest BCUT2D eigenvalue weighted by molar-refractivity contribution is 1.10. The van der Waals surface area contributed by atoms with Gasteiger partial charge in [0.2, 0.25) is 0 Å². The van der Waals surface area contributed by atoms with E-state index < -0.39 is 16.1 Å². The maximum atomic E-state index is 2.58. The fourth-order valence-electron chi connectivity index (χ4n) is 3.10. The third kappa shape index (κ3) is 2.86. The van der Waals surface area contributed by atoms with Crippen LogP contribution < -0.4 is 0 Å². The van der Waals surface area contributed by atoms with Gasteiger partial charge in [0.15, 0.2) is 0 Å². The lowest BCUT2D eigenvalue weighted by atomic mass is 9.96. The molecule has 0 saturated carbocycles. The Balaban J connectivity index is 2.09. The number of hydrogen-bond donors (Lipinski definition) is 0. The molecule has 0 spiro atoms. The van der Waals surface area contributed by atoms with Crippen LogP contribution in [0.2, 0.25) is 39.3 Å². The van der Waals surface area contributed by atoms with E-state index in [2.05, 4.69) is 93.5 Å². The molecule has 0 fully saturated rings. The Labute approximate surface area is 141 Å². The molecule has 1 aliphatic carbocycles. The quantitative estimate of drug-likeness (QED) is 0.578. The summed E-state index contributed by atoms with van der Waals surface area (Å²) in [5.41, 5.74) is 2.92. The van der Waals surface area contributed by atoms with Crippen molar-refractivity contribution >= 4 is 33.5 Å². The highest BCUT2D eigenvalue weighted by molar-refractivity contribution is 8.09. The molecule has 1 unspecified atom stereocenters. The van der Waals surface area contributed by atoms with Crippen LogP contribution in [-0.2, 0) is 0 Å². The fourth-order valence-corrected chi connectivity index (χ4v) is 8.80. The third-order valence-electron chi connectivity index (χ3n) is 4.38. The Morgan fingerprint density at radius 2 is 1.50 bits per heavy atom. The molecule has 0 saturated heterocycles. The van der Waals surface area contributed by atoms with Gasteiger partial charge in [-0.15, -0.1) is 11.8 Å². The molecule has 1 aromatic carbocycles. The highest BCUT2D eigenvalue weighted by Gasteiger charge is 2.39. The van der Waals surface area contributed by atoms with Gasteiger partial charge in [0, 0.05) is 5.92 Å². The number of hydrogen-bond acceptors (Lipinski definition) is 1. The van der Waals surface area contributed by atoms with Crippen LogP contribution in [0.3, 0.4) is 0 Å². The minimum atomic E-state index is -1.31. The molecule has 3 rings (SSSR count). The van der Waals surface area contributed by atoms with Crippen molar-refractivity contribution in [2.24, 2.45) is 5.92 Å². The number of rotatable bonds is 3. The summed E-state index contributed by atoms with van der Waals surface area (Å²) in [5, 5.41) is 1.67. The van der Waals surface area contributed by atoms with Crippen molar-refractivity contribution < 1.29 is 0 Å². The molecule has 3 heteroatoms. The molecule has 2 aliphatic rings. The molecule has 1 aliphatic heterocycles. The highest BCUT2D eigenvalue weighted by Crippen LogP contribution is 2.55. The van der Waals surface area contributed by atoms with Crippen molar-refractivity contribution in [3.8, 4) is 0 Å². The van der Waals surface area contributed by atoms with E-state index in [1.807, 2.05) is 0 Å². The van der Waals surface area contributed by atoms with Crippen molar-refractivity contribution in [1.82, 2.24) is 0 Å². The Morgan fingerprint density at radius 1 is 0.864 bits per heavy atom. The molecule has 1 heterocycles. The van der Waals surface area contributed by atoms with Crippen molar-refractivity contribution in [2.45, 2.75) is 39.3 Å². The lowest BCUT2D eigenvalue weighted by Gasteiger charge is -2.21. The van der Waals surface area contributed by atoms with Crippen molar-refractivity contribution in [3.05, 3.63) is 62.7 Å². The molecule has 0 bridgehead atoms. The fraction of sp³-hybridized carbons (Fsp3) is 0.368. The van der Waals surface area contributed by atoms with Crippen LogP contribution in [0.25, 0.3) is 5.57 Å². The summed E-state index contributed by atoms with van der Waals surface area (Å²) in [6.07, 6.45) is 5.10. The van der Waals surface area contributed by atoms with Crippen LogP contribution >= 0.6 is 11.8 Å². The first kappa shape index (κ1) is 16.1. The Hall–Kier alpha value is -0.776. The lowest BCUT2D eigenvalue weighted by Crippen LogP contribution is -2.23. The average Bonchev–Trinajstić information content (AvgIpc) is 2.96. The number of thioether (sulfide) groups is 1. The van der Waals surface area contributed by atoms with E-state index in [-0.39, 0.29) is 0 Å². The Kier molecular flexibility index (Phi) is 3.95. The van der Waals surface area contributed by atoms with Gasteiger partial charge in [-0.05, 0) is 25.8 Å². The van der Waals surface area contributed by atoms with Gasteiger partial charge in [0.25, 0.3) is 0 Å². The van der Waals surface area contributed by atoms with Gasteiger partial charge in [0.05, 0.1) is 16.1 Å². The van der Waals surface area contributed by atoms with Gasteiger partial charge in [-0.2, -0.15) is 0 Å². The first-order valence-corrected chi connectivity index (χ1v) is 15.9. The van der Waals surface area contributed by atoms with Crippen molar-refractivity contribution in [3.63, 3.8) is 0 Å². The van der Waals surface area contributed by atoms with Crippen LogP contribution in [0.1, 0.15) is 5.56 Å². The predicted octanol–water partition coefficient (Wildman–Crippen LogP) is 6.34. The van der Waals surface area contributed by atoms with Crippen molar-refractivity contribution in [1.29, 1.82) is 0 Å². The second-order valence-electron chi connectivity index (χ2n) is 8.35. The molecule has 1 aromatic rings. The van der Waals surface area contributed by atoms with E-state index >= 15 is 0 Å². The minimum absolute atomic E-state index is 0.524. The second kappa shape index (κ2) is 5.39. The van der Waals surface area contributed by atoms with Crippen LogP contribution in [-0.4, -0.2) is 16.1 Å². The summed E-state index contributed by atoms with van der Waals surface area (Å²) in [6, 6.07) is 11.0. The zero-order valence-corrected chi connectivity index (χ0v) is 17.3. The molecule has 22 heavy (non-hydrogen) atoms. The van der Waals surface area contributed by atoms with Crippen LogP contribution in [0, 0.1) is 5.92 Å².